The minimum atomic E-state index is -0.231. The first-order chi connectivity index (χ1) is 8.15. The highest BCUT2D eigenvalue weighted by Crippen LogP contribution is 2.50. The Bertz CT molecular complexity index is 424. The lowest BCUT2D eigenvalue weighted by molar-refractivity contribution is -0.141. The number of hydrogen-bond donors (Lipinski definition) is 0. The van der Waals surface area contributed by atoms with Gasteiger partial charge >= 0.3 is 5.97 Å². The summed E-state index contributed by atoms with van der Waals surface area (Å²) in [6.07, 6.45) is 0.348. The van der Waals surface area contributed by atoms with Gasteiger partial charge in [-0.1, -0.05) is 37.3 Å². The number of Topliss-reactive ketones (excluding diaryl/α,β-unsaturated/α-hetero) is 1. The molecule has 3 atom stereocenters. The lowest BCUT2D eigenvalue weighted by Gasteiger charge is -1.99. The van der Waals surface area contributed by atoms with E-state index in [-0.39, 0.29) is 29.5 Å². The predicted octanol–water partition coefficient (Wildman–Crippen LogP) is 2.31. The maximum absolute atomic E-state index is 12.1. The summed E-state index contributed by atoms with van der Waals surface area (Å²) >= 11 is 0. The van der Waals surface area contributed by atoms with Crippen LogP contribution in [0.1, 0.15) is 23.7 Å². The van der Waals surface area contributed by atoms with Crippen LogP contribution in [0.15, 0.2) is 30.3 Å². The minimum absolute atomic E-state index is 0.0171. The molecule has 0 amide bonds. The molecule has 1 fully saturated rings. The van der Waals surface area contributed by atoms with Gasteiger partial charge in [-0.3, -0.25) is 9.59 Å². The average Bonchev–Trinajstić information content (AvgIpc) is 2.99. The van der Waals surface area contributed by atoms with Gasteiger partial charge in [0.2, 0.25) is 0 Å². The molecule has 0 aliphatic heterocycles. The van der Waals surface area contributed by atoms with E-state index in [1.807, 2.05) is 37.3 Å². The molecule has 0 N–H and O–H groups in total. The molecule has 2 rings (SSSR count). The monoisotopic (exact) mass is 232 g/mol. The molecule has 17 heavy (non-hydrogen) atoms. The SMILES string of the molecule is COC(=O)C[C@H]1[C@@H](C)[C@@H]1C(=O)c1ccccc1. The third kappa shape index (κ3) is 2.38. The number of methoxy groups -OCH3 is 1. The molecule has 3 heteroatoms. The van der Waals surface area contributed by atoms with Crippen molar-refractivity contribution in [3.63, 3.8) is 0 Å². The highest BCUT2D eigenvalue weighted by molar-refractivity contribution is 6.00. The van der Waals surface area contributed by atoms with Crippen LogP contribution in [0.2, 0.25) is 0 Å². The highest BCUT2D eigenvalue weighted by Gasteiger charge is 2.52. The zero-order valence-corrected chi connectivity index (χ0v) is 10.1. The second-order valence-corrected chi connectivity index (χ2v) is 4.56. The third-order valence-electron chi connectivity index (χ3n) is 3.55. The van der Waals surface area contributed by atoms with E-state index < -0.39 is 0 Å². The number of ether oxygens (including phenoxy) is 1. The molecule has 0 spiro atoms. The van der Waals surface area contributed by atoms with E-state index in [4.69, 9.17) is 0 Å². The summed E-state index contributed by atoms with van der Waals surface area (Å²) in [6.45, 7) is 2.01. The molecule has 0 unspecified atom stereocenters. The highest BCUT2D eigenvalue weighted by atomic mass is 16.5. The van der Waals surface area contributed by atoms with Crippen molar-refractivity contribution >= 4 is 11.8 Å². The van der Waals surface area contributed by atoms with Gasteiger partial charge in [-0.15, -0.1) is 0 Å². The Balaban J connectivity index is 2.01. The summed E-state index contributed by atoms with van der Waals surface area (Å²) in [4.78, 5) is 23.3. The predicted molar refractivity (Wildman–Crippen MR) is 63.5 cm³/mol. The fourth-order valence-electron chi connectivity index (χ4n) is 2.36. The number of carbonyl (C=O) groups is 2. The van der Waals surface area contributed by atoms with Crippen LogP contribution in [0.4, 0.5) is 0 Å². The van der Waals surface area contributed by atoms with Gasteiger partial charge in [0.15, 0.2) is 5.78 Å². The molecule has 3 nitrogen and oxygen atoms in total. The minimum Gasteiger partial charge on any atom is -0.469 e. The van der Waals surface area contributed by atoms with E-state index in [0.717, 1.165) is 5.56 Å². The lowest BCUT2D eigenvalue weighted by atomic mass is 10.1. The molecule has 1 saturated carbocycles. The van der Waals surface area contributed by atoms with Gasteiger partial charge in [-0.25, -0.2) is 0 Å². The summed E-state index contributed by atoms with van der Waals surface area (Å²) < 4.78 is 4.63. The first-order valence-electron chi connectivity index (χ1n) is 5.81. The van der Waals surface area contributed by atoms with Crippen molar-refractivity contribution in [3.05, 3.63) is 35.9 Å². The molecular formula is C14H16O3. The van der Waals surface area contributed by atoms with Crippen molar-refractivity contribution in [1.29, 1.82) is 0 Å². The number of rotatable bonds is 4. The lowest BCUT2D eigenvalue weighted by Crippen LogP contribution is -2.07. The summed E-state index contributed by atoms with van der Waals surface area (Å²) in [6, 6.07) is 9.25. The number of carbonyl (C=O) groups excluding carboxylic acids is 2. The van der Waals surface area contributed by atoms with Crippen LogP contribution in [0.3, 0.4) is 0 Å². The summed E-state index contributed by atoms with van der Waals surface area (Å²) in [5, 5.41) is 0. The molecule has 0 saturated heterocycles. The number of benzene rings is 1. The fraction of sp³-hybridized carbons (Fsp3) is 0.429. The second-order valence-electron chi connectivity index (χ2n) is 4.56. The van der Waals surface area contributed by atoms with Gasteiger partial charge in [0, 0.05) is 17.9 Å². The van der Waals surface area contributed by atoms with Gasteiger partial charge in [0.1, 0.15) is 0 Å². The zero-order valence-electron chi connectivity index (χ0n) is 10.1. The Morgan fingerprint density at radius 2 is 1.88 bits per heavy atom. The van der Waals surface area contributed by atoms with Crippen LogP contribution in [-0.4, -0.2) is 18.9 Å². The molecule has 0 radical (unpaired) electrons. The second kappa shape index (κ2) is 4.70. The van der Waals surface area contributed by atoms with E-state index in [9.17, 15) is 9.59 Å². The molecule has 1 aromatic carbocycles. The topological polar surface area (TPSA) is 43.4 Å². The van der Waals surface area contributed by atoms with E-state index in [1.165, 1.54) is 7.11 Å². The van der Waals surface area contributed by atoms with Gasteiger partial charge in [0.25, 0.3) is 0 Å². The number of ketones is 1. The third-order valence-corrected chi connectivity index (χ3v) is 3.55. The molecule has 0 heterocycles. The van der Waals surface area contributed by atoms with Crippen LogP contribution in [0, 0.1) is 17.8 Å². The van der Waals surface area contributed by atoms with E-state index in [0.29, 0.717) is 6.42 Å². The maximum atomic E-state index is 12.1. The standard InChI is InChI=1S/C14H16O3/c1-9-11(8-12(15)17-2)13(9)14(16)10-6-4-3-5-7-10/h3-7,9,11,13H,8H2,1-2H3/t9-,11+,13+/m1/s1. The smallest absolute Gasteiger partial charge is 0.305 e. The first-order valence-corrected chi connectivity index (χ1v) is 5.81. The van der Waals surface area contributed by atoms with Crippen LogP contribution >= 0.6 is 0 Å². The van der Waals surface area contributed by atoms with Crippen molar-refractivity contribution in [2.45, 2.75) is 13.3 Å². The molecular weight excluding hydrogens is 216 g/mol. The van der Waals surface area contributed by atoms with Crippen LogP contribution in [0.25, 0.3) is 0 Å². The van der Waals surface area contributed by atoms with Gasteiger partial charge < -0.3 is 4.74 Å². The van der Waals surface area contributed by atoms with Crippen LogP contribution in [0.5, 0.6) is 0 Å². The van der Waals surface area contributed by atoms with Crippen molar-refractivity contribution in [3.8, 4) is 0 Å². The maximum Gasteiger partial charge on any atom is 0.305 e. The zero-order chi connectivity index (χ0) is 12.4. The van der Waals surface area contributed by atoms with Crippen molar-refractivity contribution < 1.29 is 14.3 Å². The Morgan fingerprint density at radius 3 is 2.47 bits per heavy atom. The Morgan fingerprint density at radius 1 is 1.24 bits per heavy atom. The number of hydrogen-bond acceptors (Lipinski definition) is 3. The molecule has 0 bridgehead atoms. The summed E-state index contributed by atoms with van der Waals surface area (Å²) in [5.41, 5.74) is 0.733. The molecule has 90 valence electrons. The quantitative estimate of drug-likeness (QED) is 0.591. The Labute approximate surface area is 101 Å². The van der Waals surface area contributed by atoms with Crippen LogP contribution < -0.4 is 0 Å². The Kier molecular flexibility index (Phi) is 3.27. The largest absolute Gasteiger partial charge is 0.469 e. The van der Waals surface area contributed by atoms with Gasteiger partial charge in [-0.05, 0) is 11.8 Å². The van der Waals surface area contributed by atoms with Crippen LogP contribution in [-0.2, 0) is 9.53 Å². The first kappa shape index (κ1) is 11.8. The van der Waals surface area contributed by atoms with E-state index >= 15 is 0 Å². The van der Waals surface area contributed by atoms with Gasteiger partial charge in [0.05, 0.1) is 7.11 Å². The van der Waals surface area contributed by atoms with Crippen molar-refractivity contribution in [2.75, 3.05) is 7.11 Å². The summed E-state index contributed by atoms with van der Waals surface area (Å²) in [7, 11) is 1.38. The molecule has 0 aromatic heterocycles. The van der Waals surface area contributed by atoms with Crippen molar-refractivity contribution in [2.24, 2.45) is 17.8 Å². The average molecular weight is 232 g/mol. The summed E-state index contributed by atoms with van der Waals surface area (Å²) in [5.74, 6) is 0.325. The van der Waals surface area contributed by atoms with E-state index in [2.05, 4.69) is 4.74 Å². The fourth-order valence-corrected chi connectivity index (χ4v) is 2.36. The van der Waals surface area contributed by atoms with Crippen molar-refractivity contribution in [1.82, 2.24) is 0 Å². The number of esters is 1. The molecule has 1 aliphatic rings. The molecule has 1 aliphatic carbocycles. The van der Waals surface area contributed by atoms with Gasteiger partial charge in [-0.2, -0.15) is 0 Å². The normalized spacial score (nSPS) is 26.4. The molecule has 1 aromatic rings. The van der Waals surface area contributed by atoms with E-state index in [1.54, 1.807) is 0 Å². The Hall–Kier alpha value is -1.64.